The first kappa shape index (κ1) is 17.5. The second-order valence-electron chi connectivity index (χ2n) is 3.68. The SMILES string of the molecule is CCCCNCC.O=C(O)c1ccc(Br)c(S)c1. The maximum Gasteiger partial charge on any atom is 0.335 e. The highest BCUT2D eigenvalue weighted by atomic mass is 79.9. The summed E-state index contributed by atoms with van der Waals surface area (Å²) in [6, 6.07) is 4.67. The molecule has 1 aromatic rings. The van der Waals surface area contributed by atoms with Gasteiger partial charge in [-0.2, -0.15) is 0 Å². The smallest absolute Gasteiger partial charge is 0.335 e. The van der Waals surface area contributed by atoms with Crippen LogP contribution in [0.1, 0.15) is 37.0 Å². The lowest BCUT2D eigenvalue weighted by Gasteiger charge is -1.97. The lowest BCUT2D eigenvalue weighted by Crippen LogP contribution is -2.13. The molecule has 0 aliphatic rings. The first-order valence-electron chi connectivity index (χ1n) is 5.95. The van der Waals surface area contributed by atoms with E-state index in [0.29, 0.717) is 4.90 Å². The predicted molar refractivity (Wildman–Crippen MR) is 81.8 cm³/mol. The van der Waals surface area contributed by atoms with Gasteiger partial charge >= 0.3 is 5.97 Å². The van der Waals surface area contributed by atoms with Crippen molar-refractivity contribution >= 4 is 34.5 Å². The Morgan fingerprint density at radius 3 is 2.56 bits per heavy atom. The first-order valence-corrected chi connectivity index (χ1v) is 7.19. The average molecular weight is 334 g/mol. The van der Waals surface area contributed by atoms with Gasteiger partial charge in [0.2, 0.25) is 0 Å². The van der Waals surface area contributed by atoms with Crippen molar-refractivity contribution in [2.45, 2.75) is 31.6 Å². The fourth-order valence-corrected chi connectivity index (χ4v) is 1.58. The van der Waals surface area contributed by atoms with Crippen LogP contribution in [0.4, 0.5) is 0 Å². The van der Waals surface area contributed by atoms with Crippen molar-refractivity contribution in [1.29, 1.82) is 0 Å². The Kier molecular flexibility index (Phi) is 10.1. The van der Waals surface area contributed by atoms with E-state index in [1.165, 1.54) is 31.5 Å². The molecule has 0 aliphatic heterocycles. The zero-order valence-electron chi connectivity index (χ0n) is 10.7. The van der Waals surface area contributed by atoms with Crippen LogP contribution in [-0.4, -0.2) is 24.2 Å². The van der Waals surface area contributed by atoms with Crippen LogP contribution in [0.25, 0.3) is 0 Å². The molecule has 0 radical (unpaired) electrons. The predicted octanol–water partition coefficient (Wildman–Crippen LogP) is 3.83. The number of hydrogen-bond donors (Lipinski definition) is 3. The van der Waals surface area contributed by atoms with Crippen LogP contribution in [-0.2, 0) is 0 Å². The molecule has 0 bridgehead atoms. The molecule has 0 aromatic heterocycles. The number of carboxylic acids is 1. The maximum atomic E-state index is 10.4. The minimum atomic E-state index is -0.937. The molecule has 18 heavy (non-hydrogen) atoms. The Morgan fingerprint density at radius 1 is 1.44 bits per heavy atom. The van der Waals surface area contributed by atoms with Crippen molar-refractivity contribution in [3.8, 4) is 0 Å². The summed E-state index contributed by atoms with van der Waals surface area (Å²) in [5.41, 5.74) is 0.248. The number of unbranched alkanes of at least 4 members (excludes halogenated alkanes) is 1. The van der Waals surface area contributed by atoms with E-state index in [-0.39, 0.29) is 5.56 Å². The van der Waals surface area contributed by atoms with E-state index in [4.69, 9.17) is 5.11 Å². The van der Waals surface area contributed by atoms with Crippen molar-refractivity contribution in [2.75, 3.05) is 13.1 Å². The molecule has 0 saturated carbocycles. The fraction of sp³-hybridized carbons (Fsp3) is 0.462. The minimum absolute atomic E-state index is 0.248. The minimum Gasteiger partial charge on any atom is -0.478 e. The third kappa shape index (κ3) is 7.74. The average Bonchev–Trinajstić information content (AvgIpc) is 2.34. The Morgan fingerprint density at radius 2 is 2.11 bits per heavy atom. The summed E-state index contributed by atoms with van der Waals surface area (Å²) in [5.74, 6) is -0.937. The van der Waals surface area contributed by atoms with Gasteiger partial charge in [0.15, 0.2) is 0 Å². The van der Waals surface area contributed by atoms with Gasteiger partial charge in [0, 0.05) is 9.37 Å². The number of benzene rings is 1. The number of carboxylic acid groups (broad SMARTS) is 1. The summed E-state index contributed by atoms with van der Waals surface area (Å²) in [6.45, 7) is 6.64. The highest BCUT2D eigenvalue weighted by Crippen LogP contribution is 2.21. The van der Waals surface area contributed by atoms with Gasteiger partial charge in [-0.05, 0) is 53.6 Å². The third-order valence-electron chi connectivity index (χ3n) is 2.15. The van der Waals surface area contributed by atoms with Gasteiger partial charge in [-0.15, -0.1) is 12.6 Å². The van der Waals surface area contributed by atoms with Crippen molar-refractivity contribution in [3.05, 3.63) is 28.2 Å². The van der Waals surface area contributed by atoms with Gasteiger partial charge in [-0.1, -0.05) is 20.3 Å². The van der Waals surface area contributed by atoms with Crippen molar-refractivity contribution in [3.63, 3.8) is 0 Å². The molecule has 1 aromatic carbocycles. The number of nitrogens with one attached hydrogen (secondary N) is 1. The van der Waals surface area contributed by atoms with E-state index < -0.39 is 5.97 Å². The van der Waals surface area contributed by atoms with E-state index in [1.807, 2.05) is 0 Å². The van der Waals surface area contributed by atoms with Crippen LogP contribution in [0.15, 0.2) is 27.6 Å². The molecule has 2 N–H and O–H groups in total. The van der Waals surface area contributed by atoms with Gasteiger partial charge in [0.25, 0.3) is 0 Å². The maximum absolute atomic E-state index is 10.4. The molecule has 0 unspecified atom stereocenters. The van der Waals surface area contributed by atoms with Crippen LogP contribution in [0.2, 0.25) is 0 Å². The van der Waals surface area contributed by atoms with Gasteiger partial charge in [0.1, 0.15) is 0 Å². The summed E-state index contributed by atoms with van der Waals surface area (Å²) < 4.78 is 0.797. The Hall–Kier alpha value is -0.520. The summed E-state index contributed by atoms with van der Waals surface area (Å²) >= 11 is 7.26. The number of rotatable bonds is 5. The zero-order valence-corrected chi connectivity index (χ0v) is 13.2. The second-order valence-corrected chi connectivity index (χ2v) is 5.01. The van der Waals surface area contributed by atoms with E-state index in [9.17, 15) is 4.79 Å². The normalized spacial score (nSPS) is 9.56. The Balaban J connectivity index is 0.000000360. The molecule has 0 heterocycles. The van der Waals surface area contributed by atoms with Crippen molar-refractivity contribution in [1.82, 2.24) is 5.32 Å². The third-order valence-corrected chi connectivity index (χ3v) is 3.52. The van der Waals surface area contributed by atoms with Crippen LogP contribution >= 0.6 is 28.6 Å². The highest BCUT2D eigenvalue weighted by Gasteiger charge is 2.03. The molecule has 5 heteroatoms. The van der Waals surface area contributed by atoms with E-state index in [0.717, 1.165) is 11.0 Å². The Labute approximate surface area is 123 Å². The largest absolute Gasteiger partial charge is 0.478 e. The number of halogens is 1. The van der Waals surface area contributed by atoms with Gasteiger partial charge in [-0.25, -0.2) is 4.79 Å². The molecule has 0 saturated heterocycles. The molecular formula is C13H20BrNO2S. The molecule has 0 aliphatic carbocycles. The number of carbonyl (C=O) groups is 1. The standard InChI is InChI=1S/C7H5BrO2S.C6H15N/c8-5-2-1-4(7(9)10)3-6(5)11;1-3-5-6-7-4-2/h1-3,11H,(H,9,10);7H,3-6H2,1-2H3. The monoisotopic (exact) mass is 333 g/mol. The Bertz CT molecular complexity index is 368. The molecule has 0 fully saturated rings. The summed E-state index contributed by atoms with van der Waals surface area (Å²) in [4.78, 5) is 11.0. The zero-order chi connectivity index (χ0) is 14.0. The van der Waals surface area contributed by atoms with Crippen LogP contribution in [0.5, 0.6) is 0 Å². The van der Waals surface area contributed by atoms with Crippen LogP contribution in [0.3, 0.4) is 0 Å². The van der Waals surface area contributed by atoms with Crippen molar-refractivity contribution in [2.24, 2.45) is 0 Å². The molecule has 0 amide bonds. The molecular weight excluding hydrogens is 314 g/mol. The number of aromatic carboxylic acids is 1. The topological polar surface area (TPSA) is 49.3 Å². The quantitative estimate of drug-likeness (QED) is 0.567. The molecule has 0 atom stereocenters. The van der Waals surface area contributed by atoms with Gasteiger partial charge < -0.3 is 10.4 Å². The molecule has 1 rings (SSSR count). The summed E-state index contributed by atoms with van der Waals surface area (Å²) in [5, 5.41) is 11.8. The van der Waals surface area contributed by atoms with Crippen molar-refractivity contribution < 1.29 is 9.90 Å². The first-order chi connectivity index (χ1) is 8.52. The van der Waals surface area contributed by atoms with Crippen LogP contribution in [0, 0.1) is 0 Å². The molecule has 3 nitrogen and oxygen atoms in total. The fourth-order valence-electron chi connectivity index (χ4n) is 1.12. The molecule has 102 valence electrons. The summed E-state index contributed by atoms with van der Waals surface area (Å²) in [7, 11) is 0. The van der Waals surface area contributed by atoms with Gasteiger partial charge in [0.05, 0.1) is 5.56 Å². The van der Waals surface area contributed by atoms with E-state index >= 15 is 0 Å². The summed E-state index contributed by atoms with van der Waals surface area (Å²) in [6.07, 6.45) is 2.61. The van der Waals surface area contributed by atoms with E-state index in [2.05, 4.69) is 47.7 Å². The molecule has 0 spiro atoms. The lowest BCUT2D eigenvalue weighted by molar-refractivity contribution is 0.0696. The van der Waals surface area contributed by atoms with Crippen LogP contribution < -0.4 is 5.32 Å². The van der Waals surface area contributed by atoms with E-state index in [1.54, 1.807) is 6.07 Å². The highest BCUT2D eigenvalue weighted by molar-refractivity contribution is 9.10. The second kappa shape index (κ2) is 10.4. The number of hydrogen-bond acceptors (Lipinski definition) is 3. The van der Waals surface area contributed by atoms with Gasteiger partial charge in [-0.3, -0.25) is 0 Å². The number of thiol groups is 1. The lowest BCUT2D eigenvalue weighted by atomic mass is 10.2.